The van der Waals surface area contributed by atoms with E-state index in [0.717, 1.165) is 0 Å². The van der Waals surface area contributed by atoms with E-state index in [4.69, 9.17) is 9.79 Å². The molecule has 9 heteroatoms. The first-order chi connectivity index (χ1) is 6.12. The molecule has 2 N–H and O–H groups in total. The molecular weight excluding hydrogens is 334 g/mol. The van der Waals surface area contributed by atoms with E-state index in [-0.39, 0.29) is 37.7 Å². The second-order valence-electron chi connectivity index (χ2n) is 2.27. The Morgan fingerprint density at radius 1 is 1.00 bits per heavy atom. The SMILES string of the molecule is C=CCP(O)(=S)S.C=CCP(O)(=S)S.[Ca]. The van der Waals surface area contributed by atoms with Crippen LogP contribution in [-0.4, -0.2) is 59.8 Å². The Bertz CT molecular complexity index is 244. The molecule has 0 aromatic heterocycles. The quantitative estimate of drug-likeness (QED) is 0.273. The van der Waals surface area contributed by atoms with Crippen molar-refractivity contribution >= 4 is 96.8 Å². The van der Waals surface area contributed by atoms with Crippen LogP contribution < -0.4 is 0 Å². The first kappa shape index (κ1) is 22.8. The Balaban J connectivity index is -0.000000180. The van der Waals surface area contributed by atoms with Gasteiger partial charge in [0.05, 0.1) is 0 Å². The molecule has 0 bridgehead atoms. The minimum Gasteiger partial charge on any atom is -0.357 e. The van der Waals surface area contributed by atoms with Gasteiger partial charge in [0.25, 0.3) is 0 Å². The Hall–Kier alpha value is 2.66. The van der Waals surface area contributed by atoms with Gasteiger partial charge in [-0.1, -0.05) is 35.8 Å². The molecule has 2 radical (unpaired) electrons. The second kappa shape index (κ2) is 11.7. The van der Waals surface area contributed by atoms with E-state index in [1.165, 1.54) is 0 Å². The first-order valence-corrected chi connectivity index (χ1v) is 11.6. The van der Waals surface area contributed by atoms with E-state index < -0.39 is 10.9 Å². The van der Waals surface area contributed by atoms with Crippen LogP contribution in [0.4, 0.5) is 0 Å². The minimum atomic E-state index is -2.26. The maximum atomic E-state index is 8.74. The van der Waals surface area contributed by atoms with Crippen molar-refractivity contribution in [2.24, 2.45) is 0 Å². The van der Waals surface area contributed by atoms with Gasteiger partial charge in [-0.15, -0.1) is 37.7 Å². The van der Waals surface area contributed by atoms with Gasteiger partial charge in [0, 0.05) is 50.1 Å². The van der Waals surface area contributed by atoms with Gasteiger partial charge in [0.2, 0.25) is 0 Å². The largest absolute Gasteiger partial charge is 0.357 e. The van der Waals surface area contributed by atoms with Crippen LogP contribution in [0, 0.1) is 0 Å². The molecule has 0 fully saturated rings. The van der Waals surface area contributed by atoms with Gasteiger partial charge in [-0.25, -0.2) is 0 Å². The van der Waals surface area contributed by atoms with E-state index in [1.54, 1.807) is 12.2 Å². The molecule has 2 nitrogen and oxygen atoms in total. The van der Waals surface area contributed by atoms with Gasteiger partial charge in [0.15, 0.2) is 0 Å². The predicted molar refractivity (Wildman–Crippen MR) is 86.9 cm³/mol. The maximum Gasteiger partial charge on any atom is 0.117 e. The average Bonchev–Trinajstić information content (AvgIpc) is 1.81. The third-order valence-corrected chi connectivity index (χ3v) is 4.08. The Morgan fingerprint density at radius 3 is 1.20 bits per heavy atom. The summed E-state index contributed by atoms with van der Waals surface area (Å²) in [5.74, 6) is 0. The van der Waals surface area contributed by atoms with Crippen molar-refractivity contribution in [3.05, 3.63) is 25.3 Å². The normalized spacial score (nSPS) is 16.8. The number of thiol groups is 2. The number of allylic oxidation sites excluding steroid dienone is 2. The summed E-state index contributed by atoms with van der Waals surface area (Å²) in [6.07, 6.45) is 4.05. The van der Waals surface area contributed by atoms with Crippen molar-refractivity contribution in [1.82, 2.24) is 0 Å². The zero-order valence-electron chi connectivity index (χ0n) is 8.19. The van der Waals surface area contributed by atoms with E-state index in [1.807, 2.05) is 0 Å². The van der Waals surface area contributed by atoms with E-state index in [0.29, 0.717) is 12.3 Å². The standard InChI is InChI=1S/2C3H7OPS2.Ca/c2*1-2-3-5(4,6)7;/h2*2H,1,3H2,(H2,4,6,7);. The van der Waals surface area contributed by atoms with Crippen molar-refractivity contribution < 1.29 is 9.79 Å². The summed E-state index contributed by atoms with van der Waals surface area (Å²) < 4.78 is 0. The molecule has 0 aromatic rings. The van der Waals surface area contributed by atoms with Crippen LogP contribution in [0.1, 0.15) is 0 Å². The molecule has 2 unspecified atom stereocenters. The molecule has 0 spiro atoms. The fourth-order valence-corrected chi connectivity index (χ4v) is 2.33. The van der Waals surface area contributed by atoms with Crippen LogP contribution in [-0.2, 0) is 23.6 Å². The van der Waals surface area contributed by atoms with Crippen molar-refractivity contribution in [1.29, 1.82) is 0 Å². The van der Waals surface area contributed by atoms with E-state index in [2.05, 4.69) is 61.3 Å². The number of rotatable bonds is 4. The van der Waals surface area contributed by atoms with Crippen LogP contribution in [0.15, 0.2) is 25.3 Å². The van der Waals surface area contributed by atoms with Crippen molar-refractivity contribution in [2.75, 3.05) is 12.3 Å². The van der Waals surface area contributed by atoms with Crippen LogP contribution in [0.3, 0.4) is 0 Å². The zero-order valence-corrected chi connectivity index (χ0v) is 15.6. The topological polar surface area (TPSA) is 40.5 Å². The van der Waals surface area contributed by atoms with Gasteiger partial charge >= 0.3 is 0 Å². The maximum absolute atomic E-state index is 8.74. The Morgan fingerprint density at radius 2 is 1.20 bits per heavy atom. The summed E-state index contributed by atoms with van der Waals surface area (Å²) in [7, 11) is 0. The molecule has 15 heavy (non-hydrogen) atoms. The number of hydrogen-bond donors (Lipinski definition) is 4. The molecule has 86 valence electrons. The zero-order chi connectivity index (χ0) is 11.8. The molecule has 2 atom stereocenters. The molecule has 0 aliphatic heterocycles. The third kappa shape index (κ3) is 31.5. The molecule has 0 rings (SSSR count). The van der Waals surface area contributed by atoms with Gasteiger partial charge in [-0.2, -0.15) is 0 Å². The third-order valence-electron chi connectivity index (χ3n) is 0.734. The van der Waals surface area contributed by atoms with Gasteiger partial charge in [-0.05, 0) is 0 Å². The van der Waals surface area contributed by atoms with Crippen LogP contribution >= 0.6 is 35.4 Å². The minimum absolute atomic E-state index is 0. The Kier molecular flexibility index (Phi) is 17.8. The van der Waals surface area contributed by atoms with Crippen molar-refractivity contribution in [3.63, 3.8) is 0 Å². The summed E-state index contributed by atoms with van der Waals surface area (Å²) >= 11 is 16.6. The van der Waals surface area contributed by atoms with Crippen LogP contribution in [0.2, 0.25) is 0 Å². The molecular formula is C6H14CaO2P2S4. The van der Waals surface area contributed by atoms with Gasteiger partial charge in [-0.3, -0.25) is 0 Å². The Labute approximate surface area is 142 Å². The first-order valence-electron chi connectivity index (χ1n) is 3.43. The molecule has 0 amide bonds. The van der Waals surface area contributed by atoms with E-state index in [9.17, 15) is 0 Å². The molecule has 0 saturated carbocycles. The van der Waals surface area contributed by atoms with Crippen molar-refractivity contribution in [3.8, 4) is 0 Å². The summed E-state index contributed by atoms with van der Waals surface area (Å²) in [6, 6.07) is 0. The smallest absolute Gasteiger partial charge is 0.117 e. The molecule has 0 aliphatic rings. The summed E-state index contributed by atoms with van der Waals surface area (Å²) in [6.45, 7) is 6.80. The summed E-state index contributed by atoms with van der Waals surface area (Å²) in [4.78, 5) is 17.5. The fourth-order valence-electron chi connectivity index (χ4n) is 0.336. The average molecular weight is 348 g/mol. The monoisotopic (exact) mass is 348 g/mol. The molecule has 0 aliphatic carbocycles. The summed E-state index contributed by atoms with van der Waals surface area (Å²) in [5, 5.41) is 0. The van der Waals surface area contributed by atoms with Crippen LogP contribution in [0.25, 0.3) is 0 Å². The van der Waals surface area contributed by atoms with Gasteiger partial charge in [0.1, 0.15) is 10.9 Å². The second-order valence-corrected chi connectivity index (χ2v) is 14.9. The van der Waals surface area contributed by atoms with Crippen molar-refractivity contribution in [2.45, 2.75) is 0 Å². The van der Waals surface area contributed by atoms with E-state index >= 15 is 0 Å². The molecule has 0 aromatic carbocycles. The summed E-state index contributed by atoms with van der Waals surface area (Å²) in [5.41, 5.74) is -4.51. The fraction of sp³-hybridized carbons (Fsp3) is 0.333. The number of hydrogen-bond acceptors (Lipinski definition) is 2. The van der Waals surface area contributed by atoms with Crippen LogP contribution in [0.5, 0.6) is 0 Å². The molecule has 0 heterocycles. The van der Waals surface area contributed by atoms with Gasteiger partial charge < -0.3 is 9.79 Å². The molecule has 0 saturated heterocycles. The predicted octanol–water partition coefficient (Wildman–Crippen LogP) is 2.43.